The second kappa shape index (κ2) is 6.58. The Balaban J connectivity index is 1.52. The van der Waals surface area contributed by atoms with E-state index in [0.29, 0.717) is 26.1 Å². The third kappa shape index (κ3) is 2.74. The maximum atomic E-state index is 13.4. The molecule has 0 aromatic heterocycles. The number of carbonyl (C=O) groups is 2. The first-order valence-electron chi connectivity index (χ1n) is 9.85. The second-order valence-corrected chi connectivity index (χ2v) is 8.44. The number of carbonyl (C=O) groups excluding carboxylic acids is 2. The summed E-state index contributed by atoms with van der Waals surface area (Å²) in [6.07, 6.45) is 3.39. The van der Waals surface area contributed by atoms with Crippen molar-refractivity contribution in [2.75, 3.05) is 13.2 Å². The summed E-state index contributed by atoms with van der Waals surface area (Å²) in [6.45, 7) is 5.51. The number of ether oxygens (including phenoxy) is 2. The van der Waals surface area contributed by atoms with E-state index in [0.717, 1.165) is 24.8 Å². The molecule has 4 nitrogen and oxygen atoms in total. The molecule has 1 aromatic carbocycles. The van der Waals surface area contributed by atoms with Crippen LogP contribution in [0.5, 0.6) is 0 Å². The van der Waals surface area contributed by atoms with Crippen LogP contribution in [0.15, 0.2) is 30.3 Å². The lowest BCUT2D eigenvalue weighted by Crippen LogP contribution is -2.58. The molecule has 140 valence electrons. The summed E-state index contributed by atoms with van der Waals surface area (Å²) in [4.78, 5) is 26.2. The number of rotatable bonds is 3. The normalized spacial score (nSPS) is 36.1. The molecule has 1 unspecified atom stereocenters. The molecule has 1 aromatic rings. The molecular formula is C22H28O4. The minimum Gasteiger partial charge on any atom is -0.347 e. The fourth-order valence-corrected chi connectivity index (χ4v) is 5.56. The fraction of sp³-hybridized carbons (Fsp3) is 0.636. The first kappa shape index (κ1) is 17.9. The number of Topliss-reactive ketones (excluding diaryl/α,β-unsaturated/α-hetero) is 2. The van der Waals surface area contributed by atoms with Crippen LogP contribution < -0.4 is 0 Å². The van der Waals surface area contributed by atoms with Gasteiger partial charge in [0.2, 0.25) is 0 Å². The van der Waals surface area contributed by atoms with Crippen molar-refractivity contribution in [2.24, 2.45) is 23.2 Å². The second-order valence-electron chi connectivity index (χ2n) is 8.44. The lowest BCUT2D eigenvalue weighted by Gasteiger charge is -2.54. The monoisotopic (exact) mass is 356 g/mol. The van der Waals surface area contributed by atoms with Gasteiger partial charge in [-0.05, 0) is 30.7 Å². The molecule has 2 saturated carbocycles. The Bertz CT molecular complexity index is 691. The minimum absolute atomic E-state index is 0.0715. The van der Waals surface area contributed by atoms with Crippen LogP contribution in [-0.4, -0.2) is 30.6 Å². The Hall–Kier alpha value is -1.52. The van der Waals surface area contributed by atoms with Crippen molar-refractivity contribution in [3.8, 4) is 0 Å². The van der Waals surface area contributed by atoms with Crippen LogP contribution in [0.4, 0.5) is 0 Å². The average molecular weight is 356 g/mol. The van der Waals surface area contributed by atoms with Crippen LogP contribution >= 0.6 is 0 Å². The number of hydrogen-bond acceptors (Lipinski definition) is 4. The molecule has 1 spiro atoms. The van der Waals surface area contributed by atoms with Crippen molar-refractivity contribution < 1.29 is 19.1 Å². The summed E-state index contributed by atoms with van der Waals surface area (Å²) >= 11 is 0. The number of ketones is 2. The molecule has 1 saturated heterocycles. The maximum Gasteiger partial charge on any atom is 0.171 e. The lowest BCUT2D eigenvalue weighted by atomic mass is 9.52. The summed E-state index contributed by atoms with van der Waals surface area (Å²) in [6, 6.07) is 9.73. The zero-order valence-electron chi connectivity index (χ0n) is 15.7. The van der Waals surface area contributed by atoms with E-state index in [2.05, 4.69) is 13.8 Å². The number of benzene rings is 1. The molecule has 3 fully saturated rings. The maximum absolute atomic E-state index is 13.4. The molecule has 4 rings (SSSR count). The van der Waals surface area contributed by atoms with Gasteiger partial charge in [-0.1, -0.05) is 44.2 Å². The molecule has 0 bridgehead atoms. The van der Waals surface area contributed by atoms with Gasteiger partial charge in [0.1, 0.15) is 11.6 Å². The zero-order valence-corrected chi connectivity index (χ0v) is 15.7. The largest absolute Gasteiger partial charge is 0.347 e. The molecule has 1 heterocycles. The van der Waals surface area contributed by atoms with Gasteiger partial charge in [-0.3, -0.25) is 9.59 Å². The Kier molecular flexibility index (Phi) is 4.52. The van der Waals surface area contributed by atoms with Crippen LogP contribution in [0.25, 0.3) is 0 Å². The molecule has 0 N–H and O–H groups in total. The van der Waals surface area contributed by atoms with E-state index < -0.39 is 17.1 Å². The van der Waals surface area contributed by atoms with Gasteiger partial charge in [0.15, 0.2) is 5.79 Å². The molecule has 3 aliphatic rings. The van der Waals surface area contributed by atoms with Crippen molar-refractivity contribution in [3.63, 3.8) is 0 Å². The van der Waals surface area contributed by atoms with Gasteiger partial charge in [-0.15, -0.1) is 0 Å². The highest BCUT2D eigenvalue weighted by atomic mass is 16.7. The van der Waals surface area contributed by atoms with E-state index in [1.54, 1.807) is 0 Å². The third-order valence-corrected chi connectivity index (χ3v) is 7.14. The fourth-order valence-electron chi connectivity index (χ4n) is 5.56. The highest BCUT2D eigenvalue weighted by Gasteiger charge is 2.60. The van der Waals surface area contributed by atoms with E-state index >= 15 is 0 Å². The van der Waals surface area contributed by atoms with Gasteiger partial charge < -0.3 is 9.47 Å². The van der Waals surface area contributed by atoms with E-state index in [4.69, 9.17) is 9.47 Å². The van der Waals surface area contributed by atoms with Crippen LogP contribution in [0, 0.1) is 23.2 Å². The molecular weight excluding hydrogens is 328 g/mol. The Labute approximate surface area is 155 Å². The third-order valence-electron chi connectivity index (χ3n) is 7.14. The van der Waals surface area contributed by atoms with Crippen molar-refractivity contribution in [1.29, 1.82) is 0 Å². The Morgan fingerprint density at radius 1 is 1.12 bits per heavy atom. The number of fused-ring (bicyclic) bond motifs is 1. The van der Waals surface area contributed by atoms with Gasteiger partial charge in [-0.25, -0.2) is 0 Å². The van der Waals surface area contributed by atoms with E-state index in [9.17, 15) is 9.59 Å². The first-order chi connectivity index (χ1) is 12.5. The molecule has 4 heteroatoms. The highest BCUT2D eigenvalue weighted by molar-refractivity contribution is 6.06. The first-order valence-corrected chi connectivity index (χ1v) is 9.85. The van der Waals surface area contributed by atoms with Crippen molar-refractivity contribution in [2.45, 2.75) is 51.7 Å². The van der Waals surface area contributed by atoms with Crippen LogP contribution in [0.2, 0.25) is 0 Å². The van der Waals surface area contributed by atoms with Gasteiger partial charge in [0, 0.05) is 24.2 Å². The Morgan fingerprint density at radius 3 is 2.50 bits per heavy atom. The van der Waals surface area contributed by atoms with Gasteiger partial charge in [0.05, 0.1) is 19.1 Å². The van der Waals surface area contributed by atoms with Crippen molar-refractivity contribution >= 4 is 11.6 Å². The molecule has 4 atom stereocenters. The predicted octanol–water partition coefficient (Wildman–Crippen LogP) is 3.57. The van der Waals surface area contributed by atoms with Gasteiger partial charge in [-0.2, -0.15) is 0 Å². The summed E-state index contributed by atoms with van der Waals surface area (Å²) in [5.74, 6) is -0.342. The standard InChI is InChI=1S/C22H28O4/c1-15-18-9-8-17(19(23)14-16-6-4-3-5-7-16)20(24)21(18,2)10-11-22(15)25-12-13-26-22/h3-7,15,17-18H,8-14H2,1-2H3/t15-,17?,18-,21-/m1/s1. The minimum atomic E-state index is -0.509. The molecule has 1 aliphatic heterocycles. The van der Waals surface area contributed by atoms with E-state index in [1.165, 1.54) is 0 Å². The molecule has 26 heavy (non-hydrogen) atoms. The van der Waals surface area contributed by atoms with Crippen LogP contribution in [-0.2, 0) is 25.5 Å². The van der Waals surface area contributed by atoms with Gasteiger partial charge >= 0.3 is 0 Å². The summed E-state index contributed by atoms with van der Waals surface area (Å²) in [7, 11) is 0. The zero-order chi connectivity index (χ0) is 18.4. The van der Waals surface area contributed by atoms with Crippen molar-refractivity contribution in [3.05, 3.63) is 35.9 Å². The van der Waals surface area contributed by atoms with Crippen LogP contribution in [0.1, 0.15) is 45.1 Å². The molecule has 2 aliphatic carbocycles. The predicted molar refractivity (Wildman–Crippen MR) is 97.5 cm³/mol. The van der Waals surface area contributed by atoms with E-state index in [-0.39, 0.29) is 23.4 Å². The smallest absolute Gasteiger partial charge is 0.171 e. The SMILES string of the molecule is C[C@@H]1[C@H]2CCC(C(=O)Cc3ccccc3)C(=O)[C@]2(C)CCC12OCCO2. The summed E-state index contributed by atoms with van der Waals surface area (Å²) in [5.41, 5.74) is 0.552. The highest BCUT2D eigenvalue weighted by Crippen LogP contribution is 2.57. The molecule has 0 amide bonds. The van der Waals surface area contributed by atoms with E-state index in [1.807, 2.05) is 30.3 Å². The summed E-state index contributed by atoms with van der Waals surface area (Å²) < 4.78 is 12.0. The quantitative estimate of drug-likeness (QED) is 0.777. The van der Waals surface area contributed by atoms with Crippen LogP contribution in [0.3, 0.4) is 0 Å². The summed E-state index contributed by atoms with van der Waals surface area (Å²) in [5, 5.41) is 0. The Morgan fingerprint density at radius 2 is 1.81 bits per heavy atom. The van der Waals surface area contributed by atoms with Crippen molar-refractivity contribution in [1.82, 2.24) is 0 Å². The topological polar surface area (TPSA) is 52.6 Å². The number of hydrogen-bond donors (Lipinski definition) is 0. The average Bonchev–Trinajstić information content (AvgIpc) is 3.11. The molecule has 0 radical (unpaired) electrons. The lowest BCUT2D eigenvalue weighted by molar-refractivity contribution is -0.243. The van der Waals surface area contributed by atoms with Gasteiger partial charge in [0.25, 0.3) is 0 Å².